The number of esters is 1. The van der Waals surface area contributed by atoms with Gasteiger partial charge in [0.1, 0.15) is 23.2 Å². The Balaban J connectivity index is 1.16. The molecule has 3 aromatic rings. The van der Waals surface area contributed by atoms with Crippen molar-refractivity contribution >= 4 is 51.7 Å². The van der Waals surface area contributed by atoms with Gasteiger partial charge >= 0.3 is 5.97 Å². The number of anilines is 2. The first kappa shape index (κ1) is 26.8. The summed E-state index contributed by atoms with van der Waals surface area (Å²) < 4.78 is 30.3. The molecule has 0 amide bonds. The Morgan fingerprint density at radius 1 is 1.18 bits per heavy atom. The molecule has 11 heteroatoms. The standard InChI is InChI=1S/C27H30ClFN4O4S/c1-35-23-15-22-19(26(31-16-30-22)32-17-3-4-21(29)20(28)13-17)14-24(23)36-11-2-8-33-9-5-18(6-10-33)38-25-7-12-37-27(25)34/h3-4,13-16,18,25H,2,5-12H2,1H3,(H,30,31,32). The Kier molecular flexibility index (Phi) is 8.71. The van der Waals surface area contributed by atoms with Crippen LogP contribution in [-0.4, -0.2) is 71.3 Å². The van der Waals surface area contributed by atoms with Crippen LogP contribution in [0.1, 0.15) is 25.7 Å². The second-order valence-corrected chi connectivity index (χ2v) is 11.2. The first-order valence-electron chi connectivity index (χ1n) is 12.7. The highest BCUT2D eigenvalue weighted by molar-refractivity contribution is 8.01. The number of nitrogens with zero attached hydrogens (tertiary/aromatic N) is 3. The summed E-state index contributed by atoms with van der Waals surface area (Å²) in [5.74, 6) is 1.22. The minimum absolute atomic E-state index is 0.0199. The summed E-state index contributed by atoms with van der Waals surface area (Å²) in [5.41, 5.74) is 1.30. The molecule has 3 heterocycles. The smallest absolute Gasteiger partial charge is 0.319 e. The van der Waals surface area contributed by atoms with Gasteiger partial charge in [0.15, 0.2) is 11.5 Å². The largest absolute Gasteiger partial charge is 0.493 e. The molecule has 1 unspecified atom stereocenters. The van der Waals surface area contributed by atoms with Crippen molar-refractivity contribution in [2.45, 2.75) is 36.2 Å². The van der Waals surface area contributed by atoms with Gasteiger partial charge in [-0.15, -0.1) is 11.8 Å². The third-order valence-corrected chi connectivity index (χ3v) is 8.66. The lowest BCUT2D eigenvalue weighted by atomic mass is 10.1. The van der Waals surface area contributed by atoms with Crippen LogP contribution in [-0.2, 0) is 9.53 Å². The van der Waals surface area contributed by atoms with Crippen molar-refractivity contribution < 1.29 is 23.4 Å². The van der Waals surface area contributed by atoms with Gasteiger partial charge in [-0.1, -0.05) is 11.6 Å². The van der Waals surface area contributed by atoms with Crippen LogP contribution in [0.25, 0.3) is 10.9 Å². The summed E-state index contributed by atoms with van der Waals surface area (Å²) in [6, 6.07) is 8.09. The molecule has 2 saturated heterocycles. The lowest BCUT2D eigenvalue weighted by molar-refractivity contribution is -0.137. The Morgan fingerprint density at radius 3 is 2.76 bits per heavy atom. The fourth-order valence-corrected chi connectivity index (χ4v) is 6.26. The van der Waals surface area contributed by atoms with Crippen LogP contribution in [0, 0.1) is 5.82 Å². The molecule has 38 heavy (non-hydrogen) atoms. The molecule has 2 aliphatic heterocycles. The number of methoxy groups -OCH3 is 1. The second-order valence-electron chi connectivity index (χ2n) is 9.32. The molecule has 202 valence electrons. The minimum Gasteiger partial charge on any atom is -0.493 e. The number of likely N-dealkylation sites (tertiary alicyclic amines) is 1. The predicted octanol–water partition coefficient (Wildman–Crippen LogP) is 5.46. The Bertz CT molecular complexity index is 1290. The van der Waals surface area contributed by atoms with Crippen LogP contribution < -0.4 is 14.8 Å². The first-order valence-corrected chi connectivity index (χ1v) is 14.0. The Hall–Kier alpha value is -2.82. The van der Waals surface area contributed by atoms with Gasteiger partial charge in [-0.3, -0.25) is 4.79 Å². The molecule has 2 fully saturated rings. The third kappa shape index (κ3) is 6.42. The van der Waals surface area contributed by atoms with Gasteiger partial charge in [0.05, 0.1) is 30.9 Å². The van der Waals surface area contributed by atoms with Crippen LogP contribution in [0.15, 0.2) is 36.7 Å². The number of benzene rings is 2. The summed E-state index contributed by atoms with van der Waals surface area (Å²) in [6.07, 6.45) is 5.34. The van der Waals surface area contributed by atoms with E-state index in [2.05, 4.69) is 20.2 Å². The molecule has 2 aromatic carbocycles. The number of rotatable bonds is 10. The monoisotopic (exact) mass is 560 g/mol. The third-order valence-electron chi connectivity index (χ3n) is 6.76. The van der Waals surface area contributed by atoms with E-state index < -0.39 is 5.82 Å². The van der Waals surface area contributed by atoms with Crippen LogP contribution >= 0.6 is 23.4 Å². The van der Waals surface area contributed by atoms with E-state index in [-0.39, 0.29) is 16.2 Å². The van der Waals surface area contributed by atoms with Crippen molar-refractivity contribution in [1.29, 1.82) is 0 Å². The topological polar surface area (TPSA) is 85.8 Å². The van der Waals surface area contributed by atoms with E-state index >= 15 is 0 Å². The molecule has 1 atom stereocenters. The van der Waals surface area contributed by atoms with Crippen molar-refractivity contribution in [2.75, 3.05) is 45.3 Å². The Labute approximate surface area is 230 Å². The SMILES string of the molecule is COc1cc2ncnc(Nc3ccc(F)c(Cl)c3)c2cc1OCCCN1CCC(SC2CCOC2=O)CC1. The maximum absolute atomic E-state index is 13.6. The van der Waals surface area contributed by atoms with E-state index in [0.29, 0.717) is 47.0 Å². The molecule has 1 aromatic heterocycles. The van der Waals surface area contributed by atoms with Gasteiger partial charge in [-0.2, -0.15) is 0 Å². The molecular weight excluding hydrogens is 531 g/mol. The lowest BCUT2D eigenvalue weighted by Gasteiger charge is -2.32. The number of halogens is 2. The second kappa shape index (κ2) is 12.4. The fourth-order valence-electron chi connectivity index (χ4n) is 4.72. The quantitative estimate of drug-likeness (QED) is 0.257. The van der Waals surface area contributed by atoms with Crippen molar-refractivity contribution in [3.8, 4) is 11.5 Å². The lowest BCUT2D eigenvalue weighted by Crippen LogP contribution is -2.36. The number of ether oxygens (including phenoxy) is 3. The fraction of sp³-hybridized carbons (Fsp3) is 0.444. The van der Waals surface area contributed by atoms with E-state index in [1.807, 2.05) is 12.1 Å². The van der Waals surface area contributed by atoms with Crippen LogP contribution in [0.2, 0.25) is 5.02 Å². The summed E-state index contributed by atoms with van der Waals surface area (Å²) >= 11 is 7.72. The number of hydrogen-bond donors (Lipinski definition) is 1. The van der Waals surface area contributed by atoms with Crippen molar-refractivity contribution in [1.82, 2.24) is 14.9 Å². The highest BCUT2D eigenvalue weighted by Gasteiger charge is 2.31. The van der Waals surface area contributed by atoms with E-state index in [9.17, 15) is 9.18 Å². The van der Waals surface area contributed by atoms with Crippen molar-refractivity contribution in [3.63, 3.8) is 0 Å². The van der Waals surface area contributed by atoms with E-state index in [1.54, 1.807) is 24.9 Å². The highest BCUT2D eigenvalue weighted by Crippen LogP contribution is 2.35. The summed E-state index contributed by atoms with van der Waals surface area (Å²) in [5, 5.41) is 4.50. The summed E-state index contributed by atoms with van der Waals surface area (Å²) in [4.78, 5) is 22.9. The zero-order valence-electron chi connectivity index (χ0n) is 21.1. The van der Waals surface area contributed by atoms with E-state index in [0.717, 1.165) is 50.7 Å². The number of cyclic esters (lactones) is 1. The van der Waals surface area contributed by atoms with E-state index in [1.165, 1.54) is 18.5 Å². The average molecular weight is 561 g/mol. The van der Waals surface area contributed by atoms with Gasteiger partial charge in [0.2, 0.25) is 0 Å². The predicted molar refractivity (Wildman–Crippen MR) is 147 cm³/mol. The maximum atomic E-state index is 13.6. The number of carbonyl (C=O) groups is 1. The normalized spacial score (nSPS) is 18.5. The molecular formula is C27H30ClFN4O4S. The van der Waals surface area contributed by atoms with Crippen LogP contribution in [0.4, 0.5) is 15.9 Å². The molecule has 0 spiro atoms. The zero-order chi connectivity index (χ0) is 26.5. The molecule has 0 bridgehead atoms. The summed E-state index contributed by atoms with van der Waals surface area (Å²) in [7, 11) is 1.60. The van der Waals surface area contributed by atoms with Gasteiger partial charge in [0.25, 0.3) is 0 Å². The zero-order valence-corrected chi connectivity index (χ0v) is 22.7. The number of fused-ring (bicyclic) bond motifs is 1. The first-order chi connectivity index (χ1) is 18.5. The highest BCUT2D eigenvalue weighted by atomic mass is 35.5. The van der Waals surface area contributed by atoms with Crippen molar-refractivity contribution in [3.05, 3.63) is 47.5 Å². The molecule has 8 nitrogen and oxygen atoms in total. The van der Waals surface area contributed by atoms with Crippen LogP contribution in [0.3, 0.4) is 0 Å². The molecule has 0 aliphatic carbocycles. The number of hydrogen-bond acceptors (Lipinski definition) is 9. The number of nitrogens with one attached hydrogen (secondary N) is 1. The molecule has 5 rings (SSSR count). The minimum atomic E-state index is -0.482. The van der Waals surface area contributed by atoms with E-state index in [4.69, 9.17) is 25.8 Å². The summed E-state index contributed by atoms with van der Waals surface area (Å²) in [6.45, 7) is 4.09. The molecule has 2 aliphatic rings. The van der Waals surface area contributed by atoms with Gasteiger partial charge in [-0.25, -0.2) is 14.4 Å². The Morgan fingerprint density at radius 2 is 2.03 bits per heavy atom. The van der Waals surface area contributed by atoms with Gasteiger partial charge < -0.3 is 24.4 Å². The van der Waals surface area contributed by atoms with Crippen LogP contribution in [0.5, 0.6) is 11.5 Å². The van der Waals surface area contributed by atoms with Crippen molar-refractivity contribution in [2.24, 2.45) is 0 Å². The number of piperidine rings is 1. The number of thioether (sulfide) groups is 1. The number of carbonyl (C=O) groups excluding carboxylic acids is 1. The molecule has 1 N–H and O–H groups in total. The number of aromatic nitrogens is 2. The van der Waals surface area contributed by atoms with Gasteiger partial charge in [-0.05, 0) is 56.6 Å². The molecule has 0 saturated carbocycles. The van der Waals surface area contributed by atoms with Gasteiger partial charge in [0, 0.05) is 35.4 Å². The average Bonchev–Trinajstić information content (AvgIpc) is 3.33. The maximum Gasteiger partial charge on any atom is 0.319 e. The molecule has 0 radical (unpaired) electrons.